The van der Waals surface area contributed by atoms with Crippen molar-refractivity contribution < 1.29 is 4.74 Å². The van der Waals surface area contributed by atoms with Crippen molar-refractivity contribution in [2.24, 2.45) is 10.1 Å². The summed E-state index contributed by atoms with van der Waals surface area (Å²) in [7, 11) is 3.48. The second-order valence-electron chi connectivity index (χ2n) is 7.12. The number of ether oxygens (including phenoxy) is 1. The molecule has 4 aromatic carbocycles. The van der Waals surface area contributed by atoms with E-state index in [0.29, 0.717) is 0 Å². The van der Waals surface area contributed by atoms with Gasteiger partial charge in [0, 0.05) is 23.6 Å². The van der Waals surface area contributed by atoms with E-state index in [9.17, 15) is 0 Å². The van der Waals surface area contributed by atoms with Crippen molar-refractivity contribution in [2.75, 3.05) is 14.2 Å². The smallest absolute Gasteiger partial charge is 0.205 e. The van der Waals surface area contributed by atoms with E-state index in [4.69, 9.17) is 9.84 Å². The van der Waals surface area contributed by atoms with Gasteiger partial charge in [0.25, 0.3) is 0 Å². The number of aromatic nitrogens is 1. The molecule has 0 atom stereocenters. The zero-order valence-electron chi connectivity index (χ0n) is 17.3. The van der Waals surface area contributed by atoms with Crippen LogP contribution in [0.15, 0.2) is 94.3 Å². The van der Waals surface area contributed by atoms with Crippen molar-refractivity contribution in [1.82, 2.24) is 4.68 Å². The maximum absolute atomic E-state index is 5.58. The number of fused-ring (bicyclic) bond motifs is 2. The Labute approximate surface area is 184 Å². The predicted octanol–water partition coefficient (Wildman–Crippen LogP) is 5.94. The first kappa shape index (κ1) is 19.3. The van der Waals surface area contributed by atoms with Crippen LogP contribution in [-0.2, 0) is 0 Å². The number of nitrogens with zero attached hydrogens (tertiary/aromatic N) is 3. The normalized spacial score (nSPS) is 12.3. The number of hydrogen-bond donors (Lipinski definition) is 0. The second-order valence-corrected chi connectivity index (χ2v) is 7.95. The van der Waals surface area contributed by atoms with Crippen molar-refractivity contribution in [3.05, 3.63) is 94.6 Å². The van der Waals surface area contributed by atoms with Gasteiger partial charge in [-0.15, -0.1) is 11.3 Å². The number of rotatable bonds is 4. The molecular weight excluding hydrogens is 402 g/mol. The number of hydrogen-bond acceptors (Lipinski definition) is 4. The summed E-state index contributed by atoms with van der Waals surface area (Å²) in [6.45, 7) is 0. The molecule has 0 aliphatic carbocycles. The molecule has 31 heavy (non-hydrogen) atoms. The molecule has 0 spiro atoms. The van der Waals surface area contributed by atoms with E-state index in [2.05, 4.69) is 65.0 Å². The zero-order valence-corrected chi connectivity index (χ0v) is 18.1. The van der Waals surface area contributed by atoms with Gasteiger partial charge in [-0.05, 0) is 39.7 Å². The van der Waals surface area contributed by atoms with Crippen LogP contribution in [0.2, 0.25) is 0 Å². The van der Waals surface area contributed by atoms with E-state index in [1.165, 1.54) is 21.5 Å². The van der Waals surface area contributed by atoms with Crippen LogP contribution in [0.25, 0.3) is 32.8 Å². The van der Waals surface area contributed by atoms with Gasteiger partial charge in [-0.2, -0.15) is 5.10 Å². The lowest BCUT2D eigenvalue weighted by Crippen LogP contribution is -2.12. The van der Waals surface area contributed by atoms with E-state index < -0.39 is 0 Å². The second kappa shape index (κ2) is 8.20. The Hall–Kier alpha value is -3.70. The van der Waals surface area contributed by atoms with Gasteiger partial charge in [0.15, 0.2) is 0 Å². The molecule has 1 aromatic heterocycles. The highest BCUT2D eigenvalue weighted by Gasteiger charge is 2.12. The van der Waals surface area contributed by atoms with Gasteiger partial charge in [0.05, 0.1) is 19.0 Å². The van der Waals surface area contributed by atoms with E-state index in [1.54, 1.807) is 25.5 Å². The van der Waals surface area contributed by atoms with Crippen LogP contribution >= 0.6 is 11.3 Å². The lowest BCUT2D eigenvalue weighted by Gasteiger charge is -2.10. The van der Waals surface area contributed by atoms with Crippen molar-refractivity contribution >= 4 is 39.1 Å². The Morgan fingerprint density at radius 2 is 1.52 bits per heavy atom. The molecule has 152 valence electrons. The van der Waals surface area contributed by atoms with Gasteiger partial charge in [-0.3, -0.25) is 4.99 Å². The average molecular weight is 424 g/mol. The molecule has 0 bridgehead atoms. The fourth-order valence-corrected chi connectivity index (χ4v) is 4.70. The van der Waals surface area contributed by atoms with E-state index in [-0.39, 0.29) is 0 Å². The van der Waals surface area contributed by atoms with Crippen LogP contribution in [0, 0.1) is 0 Å². The van der Waals surface area contributed by atoms with Crippen molar-refractivity contribution in [3.8, 4) is 17.0 Å². The van der Waals surface area contributed by atoms with Gasteiger partial charge in [-0.1, -0.05) is 60.7 Å². The van der Waals surface area contributed by atoms with E-state index in [1.807, 2.05) is 35.2 Å². The van der Waals surface area contributed by atoms with Crippen molar-refractivity contribution in [3.63, 3.8) is 0 Å². The molecule has 1 heterocycles. The lowest BCUT2D eigenvalue weighted by molar-refractivity contribution is 0.416. The summed E-state index contributed by atoms with van der Waals surface area (Å²) in [5, 5.41) is 11.7. The van der Waals surface area contributed by atoms with Crippen molar-refractivity contribution in [2.45, 2.75) is 0 Å². The number of benzene rings is 4. The Balaban J connectivity index is 1.74. The molecule has 5 aromatic rings. The Morgan fingerprint density at radius 3 is 2.19 bits per heavy atom. The third-order valence-electron chi connectivity index (χ3n) is 5.37. The molecule has 5 rings (SSSR count). The first-order valence-corrected chi connectivity index (χ1v) is 10.9. The zero-order chi connectivity index (χ0) is 21.2. The lowest BCUT2D eigenvalue weighted by atomic mass is 9.97. The standard InChI is InChI=1S/C26H21N3OS/c1-27-26-29(24(17-31-26)22-13-7-8-14-25(22)30-2)28-16-23-20-11-5-3-9-18(20)15-19-10-4-6-12-21(19)23/h3-17H,1-2H3. The van der Waals surface area contributed by atoms with Gasteiger partial charge in [-0.25, -0.2) is 4.68 Å². The first-order chi connectivity index (χ1) is 15.3. The highest BCUT2D eigenvalue weighted by atomic mass is 32.1. The molecule has 0 aliphatic heterocycles. The van der Waals surface area contributed by atoms with Crippen LogP contribution < -0.4 is 9.54 Å². The minimum Gasteiger partial charge on any atom is -0.496 e. The fourth-order valence-electron chi connectivity index (χ4n) is 3.91. The summed E-state index contributed by atoms with van der Waals surface area (Å²) in [5.74, 6) is 0.808. The third kappa shape index (κ3) is 3.43. The Kier molecular flexibility index (Phi) is 5.10. The van der Waals surface area contributed by atoms with Crippen LogP contribution in [0.1, 0.15) is 5.56 Å². The van der Waals surface area contributed by atoms with Crippen LogP contribution in [0.5, 0.6) is 5.75 Å². The number of para-hydroxylation sites is 1. The molecular formula is C26H21N3OS. The summed E-state index contributed by atoms with van der Waals surface area (Å²) >= 11 is 1.56. The number of methoxy groups -OCH3 is 1. The van der Waals surface area contributed by atoms with Gasteiger partial charge >= 0.3 is 0 Å². The highest BCUT2D eigenvalue weighted by molar-refractivity contribution is 7.07. The summed E-state index contributed by atoms with van der Waals surface area (Å²) in [6, 6.07) is 27.1. The van der Waals surface area contributed by atoms with Crippen LogP contribution in [0.4, 0.5) is 0 Å². The molecule has 0 N–H and O–H groups in total. The minimum atomic E-state index is 0.808. The largest absolute Gasteiger partial charge is 0.496 e. The van der Waals surface area contributed by atoms with Crippen LogP contribution in [-0.4, -0.2) is 25.0 Å². The Bertz CT molecular complexity index is 1440. The molecule has 0 amide bonds. The molecule has 0 unspecified atom stereocenters. The first-order valence-electron chi connectivity index (χ1n) is 10.0. The monoisotopic (exact) mass is 423 g/mol. The maximum atomic E-state index is 5.58. The third-order valence-corrected chi connectivity index (χ3v) is 6.28. The van der Waals surface area contributed by atoms with Crippen molar-refractivity contribution in [1.29, 1.82) is 0 Å². The summed E-state index contributed by atoms with van der Waals surface area (Å²) in [6.07, 6.45) is 1.95. The van der Waals surface area contributed by atoms with Crippen LogP contribution in [0.3, 0.4) is 0 Å². The summed E-state index contributed by atoms with van der Waals surface area (Å²) in [4.78, 5) is 5.26. The average Bonchev–Trinajstić information content (AvgIpc) is 3.24. The molecule has 5 heteroatoms. The molecule has 0 radical (unpaired) electrons. The van der Waals surface area contributed by atoms with Gasteiger partial charge in [0.2, 0.25) is 4.80 Å². The molecule has 4 nitrogen and oxygen atoms in total. The number of thiazole rings is 1. The quantitative estimate of drug-likeness (QED) is 0.260. The minimum absolute atomic E-state index is 0.808. The van der Waals surface area contributed by atoms with Gasteiger partial charge in [0.1, 0.15) is 5.75 Å². The fraction of sp³-hybridized carbons (Fsp3) is 0.0769. The maximum Gasteiger partial charge on any atom is 0.205 e. The van der Waals surface area contributed by atoms with Gasteiger partial charge < -0.3 is 4.74 Å². The Morgan fingerprint density at radius 1 is 0.871 bits per heavy atom. The van der Waals surface area contributed by atoms with E-state index >= 15 is 0 Å². The highest BCUT2D eigenvalue weighted by Crippen LogP contribution is 2.31. The summed E-state index contributed by atoms with van der Waals surface area (Å²) < 4.78 is 7.47. The predicted molar refractivity (Wildman–Crippen MR) is 130 cm³/mol. The van der Waals surface area contributed by atoms with E-state index in [0.717, 1.165) is 27.4 Å². The molecule has 0 fully saturated rings. The SMILES string of the molecule is CN=c1scc(-c2ccccc2OC)n1N=Cc1c2ccccc2cc2ccccc12. The molecule has 0 saturated heterocycles. The topological polar surface area (TPSA) is 38.9 Å². The molecule has 0 saturated carbocycles. The summed E-state index contributed by atoms with van der Waals surface area (Å²) in [5.41, 5.74) is 3.03. The molecule has 0 aliphatic rings.